The fourth-order valence-electron chi connectivity index (χ4n) is 3.76. The largest absolute Gasteiger partial charge is 0.487 e. The summed E-state index contributed by atoms with van der Waals surface area (Å²) in [6, 6.07) is 11.8. The Labute approximate surface area is 182 Å². The van der Waals surface area contributed by atoms with Crippen molar-refractivity contribution in [2.24, 2.45) is 0 Å². The first-order valence-electron chi connectivity index (χ1n) is 9.86. The van der Waals surface area contributed by atoms with Gasteiger partial charge in [0.1, 0.15) is 35.1 Å². The zero-order valence-corrected chi connectivity index (χ0v) is 17.7. The maximum absolute atomic E-state index is 13.0. The average molecular weight is 440 g/mol. The molecular formula is C23H19ClFN3OS. The van der Waals surface area contributed by atoms with Gasteiger partial charge >= 0.3 is 0 Å². The van der Waals surface area contributed by atoms with Crippen LogP contribution < -0.4 is 10.1 Å². The number of aromatic nitrogens is 2. The van der Waals surface area contributed by atoms with Gasteiger partial charge in [-0.05, 0) is 67.1 Å². The number of halogens is 2. The molecule has 2 aromatic heterocycles. The molecule has 2 aromatic carbocycles. The molecule has 0 amide bonds. The highest BCUT2D eigenvalue weighted by atomic mass is 35.5. The van der Waals surface area contributed by atoms with Crippen LogP contribution in [-0.2, 0) is 19.4 Å². The first kappa shape index (κ1) is 19.3. The summed E-state index contributed by atoms with van der Waals surface area (Å²) < 4.78 is 18.8. The monoisotopic (exact) mass is 439 g/mol. The van der Waals surface area contributed by atoms with Crippen LogP contribution in [0.25, 0.3) is 10.2 Å². The summed E-state index contributed by atoms with van der Waals surface area (Å²) in [6.45, 7) is 0.320. The lowest BCUT2D eigenvalue weighted by Gasteiger charge is -2.13. The summed E-state index contributed by atoms with van der Waals surface area (Å²) in [6.07, 6.45) is 6.26. The second-order valence-electron chi connectivity index (χ2n) is 7.30. The van der Waals surface area contributed by atoms with E-state index in [4.69, 9.17) is 16.3 Å². The second-order valence-corrected chi connectivity index (χ2v) is 8.79. The highest BCUT2D eigenvalue weighted by Crippen LogP contribution is 2.39. The molecule has 7 heteroatoms. The van der Waals surface area contributed by atoms with E-state index in [-0.39, 0.29) is 5.82 Å². The van der Waals surface area contributed by atoms with Crippen LogP contribution in [0.3, 0.4) is 0 Å². The minimum Gasteiger partial charge on any atom is -0.487 e. The third-order valence-electron chi connectivity index (χ3n) is 5.25. The lowest BCUT2D eigenvalue weighted by Crippen LogP contribution is -2.01. The summed E-state index contributed by atoms with van der Waals surface area (Å²) in [7, 11) is 0. The van der Waals surface area contributed by atoms with Gasteiger partial charge in [-0.1, -0.05) is 23.7 Å². The van der Waals surface area contributed by atoms with Gasteiger partial charge in [-0.3, -0.25) is 0 Å². The van der Waals surface area contributed by atoms with Crippen LogP contribution in [0.15, 0.2) is 48.8 Å². The Morgan fingerprint density at radius 3 is 2.73 bits per heavy atom. The highest BCUT2D eigenvalue weighted by molar-refractivity contribution is 7.19. The standard InChI is InChI=1S/C23H19ClFN3OS/c24-18-11-16(9-10-19(18)29-12-14-5-7-15(25)8-6-14)28-22-21-17-3-1-2-4-20(17)30-23(21)27-13-26-22/h5-11,13H,1-4,12H2,(H,26,27,28). The molecule has 30 heavy (non-hydrogen) atoms. The van der Waals surface area contributed by atoms with Crippen LogP contribution in [0.2, 0.25) is 5.02 Å². The minimum atomic E-state index is -0.266. The minimum absolute atomic E-state index is 0.266. The Morgan fingerprint density at radius 2 is 1.90 bits per heavy atom. The van der Waals surface area contributed by atoms with Crippen molar-refractivity contribution in [3.63, 3.8) is 0 Å². The molecule has 152 valence electrons. The Morgan fingerprint density at radius 1 is 1.07 bits per heavy atom. The number of ether oxygens (including phenoxy) is 1. The maximum atomic E-state index is 13.0. The Bertz CT molecular complexity index is 1210. The quantitative estimate of drug-likeness (QED) is 0.376. The van der Waals surface area contributed by atoms with Crippen molar-refractivity contribution in [3.8, 4) is 5.75 Å². The number of nitrogens with zero attached hydrogens (tertiary/aromatic N) is 2. The summed E-state index contributed by atoms with van der Waals surface area (Å²) in [4.78, 5) is 11.4. The molecule has 0 saturated carbocycles. The van der Waals surface area contributed by atoms with E-state index in [0.717, 1.165) is 40.1 Å². The predicted molar refractivity (Wildman–Crippen MR) is 120 cm³/mol. The van der Waals surface area contributed by atoms with E-state index in [0.29, 0.717) is 17.4 Å². The van der Waals surface area contributed by atoms with Crippen LogP contribution >= 0.6 is 22.9 Å². The Hall–Kier alpha value is -2.70. The van der Waals surface area contributed by atoms with Gasteiger partial charge in [0.25, 0.3) is 0 Å². The zero-order valence-electron chi connectivity index (χ0n) is 16.1. The molecule has 0 fully saturated rings. The number of hydrogen-bond donors (Lipinski definition) is 1. The van der Waals surface area contributed by atoms with Gasteiger partial charge in [0.15, 0.2) is 0 Å². The highest BCUT2D eigenvalue weighted by Gasteiger charge is 2.20. The number of anilines is 2. The number of aryl methyl sites for hydroxylation is 2. The van der Waals surface area contributed by atoms with E-state index in [1.54, 1.807) is 29.8 Å². The SMILES string of the molecule is Fc1ccc(COc2ccc(Nc3ncnc4sc5c(c34)CCCC5)cc2Cl)cc1. The number of nitrogens with one attached hydrogen (secondary N) is 1. The summed E-state index contributed by atoms with van der Waals surface area (Å²) in [5, 5.41) is 5.03. The molecular weight excluding hydrogens is 421 g/mol. The van der Waals surface area contributed by atoms with Crippen molar-refractivity contribution in [1.29, 1.82) is 0 Å². The molecule has 0 bridgehead atoms. The van der Waals surface area contributed by atoms with E-state index in [9.17, 15) is 4.39 Å². The van der Waals surface area contributed by atoms with E-state index >= 15 is 0 Å². The average Bonchev–Trinajstić information content (AvgIpc) is 3.14. The van der Waals surface area contributed by atoms with Gasteiger partial charge in [0.05, 0.1) is 10.4 Å². The number of thiophene rings is 1. The van der Waals surface area contributed by atoms with Crippen LogP contribution in [0.5, 0.6) is 5.75 Å². The number of hydrogen-bond acceptors (Lipinski definition) is 5. The van der Waals surface area contributed by atoms with Crippen LogP contribution in [-0.4, -0.2) is 9.97 Å². The molecule has 5 rings (SSSR count). The van der Waals surface area contributed by atoms with Crippen molar-refractivity contribution in [2.45, 2.75) is 32.3 Å². The van der Waals surface area contributed by atoms with E-state index in [1.165, 1.54) is 35.4 Å². The molecule has 1 aliphatic rings. The van der Waals surface area contributed by atoms with E-state index < -0.39 is 0 Å². The molecule has 0 spiro atoms. The smallest absolute Gasteiger partial charge is 0.142 e. The Kier molecular flexibility index (Phi) is 5.27. The topological polar surface area (TPSA) is 47.0 Å². The molecule has 0 radical (unpaired) electrons. The number of benzene rings is 2. The molecule has 0 atom stereocenters. The Balaban J connectivity index is 1.36. The van der Waals surface area contributed by atoms with Crippen molar-refractivity contribution < 1.29 is 9.13 Å². The fourth-order valence-corrected chi connectivity index (χ4v) is 5.22. The van der Waals surface area contributed by atoms with Crippen molar-refractivity contribution in [3.05, 3.63) is 75.6 Å². The third-order valence-corrected chi connectivity index (χ3v) is 6.75. The molecule has 0 aliphatic heterocycles. The predicted octanol–water partition coefficient (Wildman–Crippen LogP) is 6.69. The fraction of sp³-hybridized carbons (Fsp3) is 0.217. The van der Waals surface area contributed by atoms with Crippen LogP contribution in [0.4, 0.5) is 15.9 Å². The van der Waals surface area contributed by atoms with Gasteiger partial charge in [0.2, 0.25) is 0 Å². The normalized spacial score (nSPS) is 13.3. The van der Waals surface area contributed by atoms with Crippen molar-refractivity contribution in [1.82, 2.24) is 9.97 Å². The summed E-state index contributed by atoms with van der Waals surface area (Å²) in [5.74, 6) is 1.13. The second kappa shape index (κ2) is 8.20. The molecule has 1 N–H and O–H groups in total. The molecule has 1 aliphatic carbocycles. The molecule has 0 unspecified atom stereocenters. The first-order valence-corrected chi connectivity index (χ1v) is 11.1. The van der Waals surface area contributed by atoms with Crippen LogP contribution in [0, 0.1) is 5.82 Å². The summed E-state index contributed by atoms with van der Waals surface area (Å²) in [5.41, 5.74) is 3.10. The molecule has 0 saturated heterocycles. The molecule has 2 heterocycles. The lowest BCUT2D eigenvalue weighted by molar-refractivity contribution is 0.306. The van der Waals surface area contributed by atoms with E-state index in [1.807, 2.05) is 18.2 Å². The van der Waals surface area contributed by atoms with Crippen molar-refractivity contribution >= 4 is 44.7 Å². The summed E-state index contributed by atoms with van der Waals surface area (Å²) >= 11 is 8.22. The van der Waals surface area contributed by atoms with E-state index in [2.05, 4.69) is 15.3 Å². The number of rotatable bonds is 5. The van der Waals surface area contributed by atoms with Gasteiger partial charge in [-0.2, -0.15) is 0 Å². The molecule has 4 aromatic rings. The molecule has 4 nitrogen and oxygen atoms in total. The van der Waals surface area contributed by atoms with Gasteiger partial charge < -0.3 is 10.1 Å². The van der Waals surface area contributed by atoms with Gasteiger partial charge in [-0.25, -0.2) is 14.4 Å². The lowest BCUT2D eigenvalue weighted by atomic mass is 9.97. The van der Waals surface area contributed by atoms with Crippen LogP contribution in [0.1, 0.15) is 28.8 Å². The number of fused-ring (bicyclic) bond motifs is 3. The first-order chi connectivity index (χ1) is 14.7. The van der Waals surface area contributed by atoms with Gasteiger partial charge in [0, 0.05) is 10.6 Å². The maximum Gasteiger partial charge on any atom is 0.142 e. The van der Waals surface area contributed by atoms with Crippen molar-refractivity contribution in [2.75, 3.05) is 5.32 Å². The van der Waals surface area contributed by atoms with Gasteiger partial charge in [-0.15, -0.1) is 11.3 Å². The zero-order chi connectivity index (χ0) is 20.5. The third kappa shape index (κ3) is 3.85.